The Bertz CT molecular complexity index is 1350. The molecule has 0 spiro atoms. The molecule has 2 N–H and O–H groups in total. The van der Waals surface area contributed by atoms with Crippen molar-refractivity contribution in [2.75, 3.05) is 63.0 Å². The van der Waals surface area contributed by atoms with Crippen LogP contribution in [0.15, 0.2) is 54.7 Å². The van der Waals surface area contributed by atoms with Crippen molar-refractivity contribution in [3.05, 3.63) is 82.5 Å². The predicted octanol–water partition coefficient (Wildman–Crippen LogP) is 5.43. The summed E-state index contributed by atoms with van der Waals surface area (Å²) in [5, 5.41) is 6.03. The van der Waals surface area contributed by atoms with Crippen molar-refractivity contribution < 1.29 is 18.7 Å². The first-order chi connectivity index (χ1) is 19.7. The minimum Gasteiger partial charge on any atom is -0.388 e. The molecular formula is C32H40FN5O3. The molecule has 1 aromatic heterocycles. The van der Waals surface area contributed by atoms with E-state index in [1.54, 1.807) is 36.4 Å². The lowest BCUT2D eigenvalue weighted by Gasteiger charge is -2.37. The van der Waals surface area contributed by atoms with E-state index in [-0.39, 0.29) is 24.7 Å². The van der Waals surface area contributed by atoms with E-state index in [0.717, 1.165) is 22.6 Å². The number of anilines is 3. The second kappa shape index (κ2) is 13.1. The Labute approximate surface area is 241 Å². The number of alkyl halides is 1. The molecule has 0 bridgehead atoms. The van der Waals surface area contributed by atoms with Crippen LogP contribution in [0, 0.1) is 6.92 Å². The van der Waals surface area contributed by atoms with Gasteiger partial charge in [-0.05, 0) is 60.4 Å². The number of benzene rings is 2. The van der Waals surface area contributed by atoms with Crippen molar-refractivity contribution in [2.45, 2.75) is 38.8 Å². The van der Waals surface area contributed by atoms with Crippen LogP contribution in [-0.2, 0) is 16.8 Å². The fraction of sp³-hybridized carbons (Fsp3) is 0.406. The summed E-state index contributed by atoms with van der Waals surface area (Å²) in [6.45, 7) is 5.79. The van der Waals surface area contributed by atoms with Gasteiger partial charge in [0.15, 0.2) is 0 Å². The normalized spacial score (nSPS) is 14.4. The summed E-state index contributed by atoms with van der Waals surface area (Å²) < 4.78 is 20.9. The number of carbonyl (C=O) groups excluding carboxylic acids is 2. The molecule has 41 heavy (non-hydrogen) atoms. The third-order valence-electron chi connectivity index (χ3n) is 7.88. The van der Waals surface area contributed by atoms with Gasteiger partial charge in [-0.1, -0.05) is 25.1 Å². The van der Waals surface area contributed by atoms with E-state index in [9.17, 15) is 9.59 Å². The number of aryl methyl sites for hydroxylation is 2. The van der Waals surface area contributed by atoms with Gasteiger partial charge in [-0.15, -0.1) is 0 Å². The maximum absolute atomic E-state index is 15.8. The number of pyridine rings is 1. The molecule has 218 valence electrons. The zero-order valence-electron chi connectivity index (χ0n) is 24.6. The monoisotopic (exact) mass is 561 g/mol. The zero-order valence-corrected chi connectivity index (χ0v) is 24.6. The van der Waals surface area contributed by atoms with Crippen LogP contribution in [0.5, 0.6) is 0 Å². The molecule has 0 radical (unpaired) electrons. The summed E-state index contributed by atoms with van der Waals surface area (Å²) in [5.74, 6) is 0.285. The summed E-state index contributed by atoms with van der Waals surface area (Å²) in [5.41, 5.74) is 3.38. The quantitative estimate of drug-likeness (QED) is 0.343. The summed E-state index contributed by atoms with van der Waals surface area (Å²) in [4.78, 5) is 34.8. The average Bonchev–Trinajstić information content (AvgIpc) is 3.00. The minimum atomic E-state index is -1.47. The molecule has 2 amide bonds. The smallest absolute Gasteiger partial charge is 0.257 e. The fourth-order valence-corrected chi connectivity index (χ4v) is 5.15. The Hall–Kier alpha value is -3.98. The van der Waals surface area contributed by atoms with Crippen molar-refractivity contribution in [3.8, 4) is 0 Å². The van der Waals surface area contributed by atoms with E-state index < -0.39 is 5.67 Å². The number of aromatic nitrogens is 1. The Balaban J connectivity index is 1.47. The van der Waals surface area contributed by atoms with Crippen LogP contribution < -0.4 is 15.5 Å². The Morgan fingerprint density at radius 3 is 2.41 bits per heavy atom. The third-order valence-corrected chi connectivity index (χ3v) is 7.88. The molecule has 0 aliphatic carbocycles. The van der Waals surface area contributed by atoms with Crippen LogP contribution in [0.1, 0.15) is 57.2 Å². The summed E-state index contributed by atoms with van der Waals surface area (Å²) in [7, 11) is 5.39. The van der Waals surface area contributed by atoms with Gasteiger partial charge in [0.05, 0.1) is 12.2 Å². The molecule has 2 heterocycles. The standard InChI is InChI=1S/C32H40FN5O3/c1-6-23-19-22(2)27(20-28(23)36-30(39)24-7-12-29(35-21-24)37(4)17-18-41-5)31(40)38-15-13-32(33,14-16-38)25-8-10-26(34-3)11-9-25/h7-12,19-21,34H,6,13-18H2,1-5H3,(H,36,39). The Morgan fingerprint density at radius 2 is 1.83 bits per heavy atom. The summed E-state index contributed by atoms with van der Waals surface area (Å²) in [6.07, 6.45) is 2.70. The summed E-state index contributed by atoms with van der Waals surface area (Å²) >= 11 is 0. The highest BCUT2D eigenvalue weighted by Crippen LogP contribution is 2.38. The first-order valence-electron chi connectivity index (χ1n) is 14.1. The van der Waals surface area contributed by atoms with Crippen LogP contribution in [0.4, 0.5) is 21.6 Å². The molecule has 9 heteroatoms. The van der Waals surface area contributed by atoms with E-state index in [4.69, 9.17) is 4.74 Å². The van der Waals surface area contributed by atoms with Crippen molar-refractivity contribution >= 4 is 29.0 Å². The highest BCUT2D eigenvalue weighted by atomic mass is 19.1. The van der Waals surface area contributed by atoms with Gasteiger partial charge in [0.1, 0.15) is 11.5 Å². The molecule has 8 nitrogen and oxygen atoms in total. The van der Waals surface area contributed by atoms with Gasteiger partial charge in [0.2, 0.25) is 0 Å². The molecule has 2 aromatic carbocycles. The number of piperidine rings is 1. The Kier molecular flexibility index (Phi) is 9.60. The molecule has 3 aromatic rings. The molecule has 1 fully saturated rings. The first kappa shape index (κ1) is 30.0. The molecule has 1 saturated heterocycles. The van der Waals surface area contributed by atoms with Crippen molar-refractivity contribution in [1.29, 1.82) is 0 Å². The second-order valence-corrected chi connectivity index (χ2v) is 10.5. The number of halogens is 1. The van der Waals surface area contributed by atoms with Gasteiger partial charge in [0, 0.05) is 76.8 Å². The maximum Gasteiger partial charge on any atom is 0.257 e. The molecule has 0 saturated carbocycles. The second-order valence-electron chi connectivity index (χ2n) is 10.5. The molecule has 0 atom stereocenters. The van der Waals surface area contributed by atoms with Crippen molar-refractivity contribution in [2.24, 2.45) is 0 Å². The van der Waals surface area contributed by atoms with E-state index >= 15 is 4.39 Å². The topological polar surface area (TPSA) is 86.8 Å². The first-order valence-corrected chi connectivity index (χ1v) is 14.1. The number of likely N-dealkylation sites (N-methyl/N-ethyl adjacent to an activating group) is 1. The molecule has 1 aliphatic rings. The fourth-order valence-electron chi connectivity index (χ4n) is 5.15. The maximum atomic E-state index is 15.8. The van der Waals surface area contributed by atoms with Crippen LogP contribution in [0.3, 0.4) is 0 Å². The van der Waals surface area contributed by atoms with Crippen LogP contribution >= 0.6 is 0 Å². The number of likely N-dealkylation sites (tertiary alicyclic amines) is 1. The molecular weight excluding hydrogens is 521 g/mol. The molecule has 0 unspecified atom stereocenters. The van der Waals surface area contributed by atoms with Gasteiger partial charge in [-0.3, -0.25) is 9.59 Å². The summed E-state index contributed by atoms with van der Waals surface area (Å²) in [6, 6.07) is 14.6. The van der Waals surface area contributed by atoms with Crippen molar-refractivity contribution in [3.63, 3.8) is 0 Å². The number of carbonyl (C=O) groups is 2. The van der Waals surface area contributed by atoms with E-state index in [1.807, 2.05) is 63.2 Å². The zero-order chi connectivity index (χ0) is 29.6. The van der Waals surface area contributed by atoms with Gasteiger partial charge in [-0.2, -0.15) is 0 Å². The Morgan fingerprint density at radius 1 is 1.12 bits per heavy atom. The van der Waals surface area contributed by atoms with Gasteiger partial charge in [0.25, 0.3) is 11.8 Å². The van der Waals surface area contributed by atoms with Gasteiger partial charge >= 0.3 is 0 Å². The van der Waals surface area contributed by atoms with Gasteiger partial charge in [-0.25, -0.2) is 9.37 Å². The van der Waals surface area contributed by atoms with Crippen LogP contribution in [0.2, 0.25) is 0 Å². The molecule has 4 rings (SSSR count). The molecule has 1 aliphatic heterocycles. The third kappa shape index (κ3) is 6.85. The van der Waals surface area contributed by atoms with E-state index in [0.29, 0.717) is 55.0 Å². The van der Waals surface area contributed by atoms with E-state index in [2.05, 4.69) is 15.6 Å². The number of methoxy groups -OCH3 is 1. The van der Waals surface area contributed by atoms with E-state index in [1.165, 1.54) is 0 Å². The number of ether oxygens (including phenoxy) is 1. The lowest BCUT2D eigenvalue weighted by atomic mass is 9.85. The lowest BCUT2D eigenvalue weighted by molar-refractivity contribution is 0.0421. The predicted molar refractivity (Wildman–Crippen MR) is 162 cm³/mol. The minimum absolute atomic E-state index is 0.154. The average molecular weight is 562 g/mol. The van der Waals surface area contributed by atoms with Crippen LogP contribution in [-0.4, -0.2) is 69.1 Å². The highest BCUT2D eigenvalue weighted by Gasteiger charge is 2.38. The van der Waals surface area contributed by atoms with Crippen molar-refractivity contribution in [1.82, 2.24) is 9.88 Å². The largest absolute Gasteiger partial charge is 0.388 e. The highest BCUT2D eigenvalue weighted by molar-refractivity contribution is 6.05. The number of hydrogen-bond donors (Lipinski definition) is 2. The number of nitrogens with one attached hydrogen (secondary N) is 2. The lowest BCUT2D eigenvalue weighted by Crippen LogP contribution is -2.43. The van der Waals surface area contributed by atoms with Crippen LogP contribution in [0.25, 0.3) is 0 Å². The van der Waals surface area contributed by atoms with Gasteiger partial charge < -0.3 is 25.2 Å². The number of nitrogens with zero attached hydrogens (tertiary/aromatic N) is 3. The number of amides is 2. The number of hydrogen-bond acceptors (Lipinski definition) is 6. The SMILES string of the molecule is CCc1cc(C)c(C(=O)N2CCC(F)(c3ccc(NC)cc3)CC2)cc1NC(=O)c1ccc(N(C)CCOC)nc1. The number of rotatable bonds is 10.